The third-order valence-corrected chi connectivity index (χ3v) is 3.34. The lowest BCUT2D eigenvalue weighted by molar-refractivity contribution is -0.133. The van der Waals surface area contributed by atoms with Gasteiger partial charge in [0.05, 0.1) is 11.4 Å². The molecular weight excluding hydrogens is 222 g/mol. The highest BCUT2D eigenvalue weighted by molar-refractivity contribution is 8.00. The number of aliphatic carboxylic acids is 1. The molecule has 2 rings (SSSR count). The number of carboxylic acids is 1. The number of nitrogens with two attached hydrogens (primary N) is 1. The maximum Gasteiger partial charge on any atom is 0.313 e. The van der Waals surface area contributed by atoms with Gasteiger partial charge in [0.1, 0.15) is 0 Å². The van der Waals surface area contributed by atoms with Gasteiger partial charge in [-0.1, -0.05) is 30.3 Å². The topological polar surface area (TPSA) is 63.3 Å². The first-order chi connectivity index (χ1) is 7.68. The lowest BCUT2D eigenvalue weighted by Crippen LogP contribution is -1.99. The molecule has 0 aliphatic carbocycles. The van der Waals surface area contributed by atoms with Crippen LogP contribution < -0.4 is 5.73 Å². The van der Waals surface area contributed by atoms with Crippen LogP contribution in [0.3, 0.4) is 0 Å². The number of hydrogen-bond acceptors (Lipinski definition) is 3. The Kier molecular flexibility index (Phi) is 3.01. The standard InChI is InChI=1S/C12H11NO2S/c13-12-9-4-2-1-3-8(9)5-6-10(12)16-7-11(14)15/h1-6H,7,13H2,(H,14,15). The van der Waals surface area contributed by atoms with Gasteiger partial charge in [0.15, 0.2) is 0 Å². The molecule has 0 saturated heterocycles. The van der Waals surface area contributed by atoms with E-state index in [1.165, 1.54) is 11.8 Å². The van der Waals surface area contributed by atoms with E-state index in [0.717, 1.165) is 15.7 Å². The number of carbonyl (C=O) groups is 1. The minimum Gasteiger partial charge on any atom is -0.481 e. The van der Waals surface area contributed by atoms with E-state index in [1.807, 2.05) is 36.4 Å². The van der Waals surface area contributed by atoms with Gasteiger partial charge >= 0.3 is 5.97 Å². The molecule has 0 aliphatic heterocycles. The van der Waals surface area contributed by atoms with Crippen molar-refractivity contribution in [1.82, 2.24) is 0 Å². The quantitative estimate of drug-likeness (QED) is 0.632. The van der Waals surface area contributed by atoms with E-state index in [2.05, 4.69) is 0 Å². The van der Waals surface area contributed by atoms with Gasteiger partial charge in [-0.3, -0.25) is 4.79 Å². The van der Waals surface area contributed by atoms with Crippen LogP contribution in [0.15, 0.2) is 41.3 Å². The van der Waals surface area contributed by atoms with Gasteiger partial charge in [-0.25, -0.2) is 0 Å². The second kappa shape index (κ2) is 4.45. The zero-order valence-corrected chi connectivity index (χ0v) is 9.33. The number of rotatable bonds is 3. The number of hydrogen-bond donors (Lipinski definition) is 2. The average Bonchev–Trinajstić information content (AvgIpc) is 2.28. The van der Waals surface area contributed by atoms with Crippen molar-refractivity contribution < 1.29 is 9.90 Å². The third kappa shape index (κ3) is 2.12. The normalized spacial score (nSPS) is 10.5. The summed E-state index contributed by atoms with van der Waals surface area (Å²) in [5, 5.41) is 10.7. The second-order valence-electron chi connectivity index (χ2n) is 3.38. The van der Waals surface area contributed by atoms with Crippen LogP contribution in [0.2, 0.25) is 0 Å². The fourth-order valence-corrected chi connectivity index (χ4v) is 2.25. The second-order valence-corrected chi connectivity index (χ2v) is 4.40. The van der Waals surface area contributed by atoms with Crippen LogP contribution in [-0.4, -0.2) is 16.8 Å². The number of fused-ring (bicyclic) bond motifs is 1. The molecule has 0 amide bonds. The first-order valence-corrected chi connectivity index (χ1v) is 5.79. The van der Waals surface area contributed by atoms with Gasteiger partial charge in [-0.15, -0.1) is 11.8 Å². The highest BCUT2D eigenvalue weighted by Crippen LogP contribution is 2.31. The van der Waals surface area contributed by atoms with Crippen LogP contribution in [-0.2, 0) is 4.79 Å². The molecule has 0 bridgehead atoms. The van der Waals surface area contributed by atoms with Crippen molar-refractivity contribution in [2.45, 2.75) is 4.90 Å². The smallest absolute Gasteiger partial charge is 0.313 e. The Morgan fingerprint density at radius 2 is 2.00 bits per heavy atom. The van der Waals surface area contributed by atoms with Crippen molar-refractivity contribution in [3.05, 3.63) is 36.4 Å². The van der Waals surface area contributed by atoms with Crippen molar-refractivity contribution in [2.24, 2.45) is 0 Å². The highest BCUT2D eigenvalue weighted by atomic mass is 32.2. The van der Waals surface area contributed by atoms with E-state index in [4.69, 9.17) is 10.8 Å². The Morgan fingerprint density at radius 1 is 1.25 bits per heavy atom. The van der Waals surface area contributed by atoms with Gasteiger partial charge in [0.2, 0.25) is 0 Å². The average molecular weight is 233 g/mol. The van der Waals surface area contributed by atoms with E-state index in [0.29, 0.717) is 5.69 Å². The molecule has 4 heteroatoms. The number of carboxylic acid groups (broad SMARTS) is 1. The zero-order valence-electron chi connectivity index (χ0n) is 8.51. The van der Waals surface area contributed by atoms with Crippen molar-refractivity contribution in [3.63, 3.8) is 0 Å². The summed E-state index contributed by atoms with van der Waals surface area (Å²) in [7, 11) is 0. The van der Waals surface area contributed by atoms with Gasteiger partial charge < -0.3 is 10.8 Å². The first-order valence-electron chi connectivity index (χ1n) is 4.80. The maximum absolute atomic E-state index is 10.5. The molecule has 82 valence electrons. The molecule has 2 aromatic carbocycles. The lowest BCUT2D eigenvalue weighted by atomic mass is 10.1. The van der Waals surface area contributed by atoms with E-state index in [9.17, 15) is 4.79 Å². The Hall–Kier alpha value is -1.68. The molecule has 0 saturated carbocycles. The Balaban J connectivity index is 2.40. The van der Waals surface area contributed by atoms with Crippen LogP contribution in [0.1, 0.15) is 0 Å². The fourth-order valence-electron chi connectivity index (χ4n) is 1.54. The van der Waals surface area contributed by atoms with Crippen molar-refractivity contribution in [3.8, 4) is 0 Å². The van der Waals surface area contributed by atoms with Crippen LogP contribution in [0.4, 0.5) is 5.69 Å². The minimum absolute atomic E-state index is 0.0303. The summed E-state index contributed by atoms with van der Waals surface area (Å²) in [6, 6.07) is 11.6. The van der Waals surface area contributed by atoms with Crippen molar-refractivity contribution in [2.75, 3.05) is 11.5 Å². The summed E-state index contributed by atoms with van der Waals surface area (Å²) < 4.78 is 0. The molecule has 2 aromatic rings. The van der Waals surface area contributed by atoms with E-state index < -0.39 is 5.97 Å². The molecule has 0 spiro atoms. The Morgan fingerprint density at radius 3 is 2.75 bits per heavy atom. The molecule has 0 unspecified atom stereocenters. The van der Waals surface area contributed by atoms with Gasteiger partial charge in [-0.05, 0) is 11.5 Å². The predicted octanol–water partition coefficient (Wildman–Crippen LogP) is 2.60. The summed E-state index contributed by atoms with van der Waals surface area (Å²) in [5.41, 5.74) is 6.65. The number of nitrogen functional groups attached to an aromatic ring is 1. The Labute approximate surface area is 97.3 Å². The third-order valence-electron chi connectivity index (χ3n) is 2.28. The molecule has 0 radical (unpaired) electrons. The summed E-state index contributed by atoms with van der Waals surface area (Å²) >= 11 is 1.25. The van der Waals surface area contributed by atoms with Gasteiger partial charge in [-0.2, -0.15) is 0 Å². The zero-order chi connectivity index (χ0) is 11.5. The molecule has 0 aliphatic rings. The molecule has 3 N–H and O–H groups in total. The van der Waals surface area contributed by atoms with Gasteiger partial charge in [0.25, 0.3) is 0 Å². The summed E-state index contributed by atoms with van der Waals surface area (Å²) in [4.78, 5) is 11.3. The number of anilines is 1. The first kappa shape index (κ1) is 10.8. The van der Waals surface area contributed by atoms with Crippen molar-refractivity contribution >= 4 is 34.2 Å². The summed E-state index contributed by atoms with van der Waals surface area (Å²) in [5.74, 6) is -0.805. The lowest BCUT2D eigenvalue weighted by Gasteiger charge is -2.07. The SMILES string of the molecule is Nc1c(SCC(=O)O)ccc2ccccc12. The largest absolute Gasteiger partial charge is 0.481 e. The maximum atomic E-state index is 10.5. The van der Waals surface area contributed by atoms with Crippen molar-refractivity contribution in [1.29, 1.82) is 0 Å². The Bertz CT molecular complexity index is 540. The molecule has 0 heterocycles. The summed E-state index contributed by atoms with van der Waals surface area (Å²) in [6.45, 7) is 0. The fraction of sp³-hybridized carbons (Fsp3) is 0.0833. The molecule has 0 fully saturated rings. The van der Waals surface area contributed by atoms with Crippen LogP contribution in [0.25, 0.3) is 10.8 Å². The minimum atomic E-state index is -0.836. The van der Waals surface area contributed by atoms with E-state index >= 15 is 0 Å². The molecule has 3 nitrogen and oxygen atoms in total. The van der Waals surface area contributed by atoms with Crippen LogP contribution in [0, 0.1) is 0 Å². The number of benzene rings is 2. The molecule has 16 heavy (non-hydrogen) atoms. The number of thioether (sulfide) groups is 1. The molecular formula is C12H11NO2S. The molecule has 0 aromatic heterocycles. The monoisotopic (exact) mass is 233 g/mol. The molecule has 0 atom stereocenters. The van der Waals surface area contributed by atoms with Gasteiger partial charge in [0, 0.05) is 10.3 Å². The van der Waals surface area contributed by atoms with E-state index in [-0.39, 0.29) is 5.75 Å². The summed E-state index contributed by atoms with van der Waals surface area (Å²) in [6.07, 6.45) is 0. The van der Waals surface area contributed by atoms with Crippen LogP contribution in [0.5, 0.6) is 0 Å². The predicted molar refractivity (Wildman–Crippen MR) is 66.7 cm³/mol. The van der Waals surface area contributed by atoms with E-state index in [1.54, 1.807) is 0 Å². The highest BCUT2D eigenvalue weighted by Gasteiger charge is 2.06. The van der Waals surface area contributed by atoms with Crippen LogP contribution >= 0.6 is 11.8 Å².